The van der Waals surface area contributed by atoms with Gasteiger partial charge in [0.25, 0.3) is 0 Å². The van der Waals surface area contributed by atoms with Gasteiger partial charge < -0.3 is 14.5 Å². The number of amides is 1. The first kappa shape index (κ1) is 31.9. The third-order valence-electron chi connectivity index (χ3n) is 6.46. The summed E-state index contributed by atoms with van der Waals surface area (Å²) in [5.74, 6) is 0.996. The molecule has 2 aromatic carbocycles. The molecule has 0 radical (unpaired) electrons. The van der Waals surface area contributed by atoms with E-state index in [9.17, 15) is 31.1 Å². The van der Waals surface area contributed by atoms with Crippen LogP contribution < -0.4 is 9.80 Å². The van der Waals surface area contributed by atoms with Crippen molar-refractivity contribution in [3.63, 3.8) is 0 Å². The summed E-state index contributed by atoms with van der Waals surface area (Å²) in [5.41, 5.74) is 1.11. The van der Waals surface area contributed by atoms with Gasteiger partial charge >= 0.3 is 12.4 Å². The molecule has 1 aliphatic heterocycles. The predicted octanol–water partition coefficient (Wildman–Crippen LogP) is 7.63. The Bertz CT molecular complexity index is 1310. The van der Waals surface area contributed by atoms with E-state index >= 15 is 0 Å². The first-order valence-corrected chi connectivity index (χ1v) is 12.9. The summed E-state index contributed by atoms with van der Waals surface area (Å²) >= 11 is 0. The van der Waals surface area contributed by atoms with Crippen LogP contribution in [0.15, 0.2) is 60.8 Å². The SMILES string of the molecule is Cc1ccccc1-c1cc(N2CCOCC2)ncc1N(C)C(=O)C(C)(C)C.FC(F)(F)c1cccc(C(F)(F)F)c1. The van der Waals surface area contributed by atoms with Crippen LogP contribution in [0.2, 0.25) is 0 Å². The van der Waals surface area contributed by atoms with Crippen LogP contribution in [0.3, 0.4) is 0 Å². The summed E-state index contributed by atoms with van der Waals surface area (Å²) < 4.78 is 77.4. The number of aromatic nitrogens is 1. The number of aryl methyl sites for hydroxylation is 1. The van der Waals surface area contributed by atoms with Gasteiger partial charge in [0.2, 0.25) is 5.91 Å². The fraction of sp³-hybridized carbons (Fsp3) is 0.400. The molecule has 1 amide bonds. The molecule has 5 nitrogen and oxygen atoms in total. The Morgan fingerprint density at radius 2 is 1.41 bits per heavy atom. The Morgan fingerprint density at radius 3 is 1.93 bits per heavy atom. The number of alkyl halides is 6. The Balaban J connectivity index is 0.000000278. The molecule has 0 bridgehead atoms. The lowest BCUT2D eigenvalue weighted by atomic mass is 9.93. The molecule has 1 fully saturated rings. The third kappa shape index (κ3) is 8.22. The van der Waals surface area contributed by atoms with Crippen molar-refractivity contribution in [2.24, 2.45) is 5.41 Å². The lowest BCUT2D eigenvalue weighted by Gasteiger charge is -2.31. The molecule has 222 valence electrons. The van der Waals surface area contributed by atoms with Gasteiger partial charge in [-0.1, -0.05) is 51.1 Å². The lowest BCUT2D eigenvalue weighted by molar-refractivity contribution is -0.143. The number of hydrogen-bond donors (Lipinski definition) is 0. The predicted molar refractivity (Wildman–Crippen MR) is 147 cm³/mol. The second kappa shape index (κ2) is 12.5. The van der Waals surface area contributed by atoms with E-state index in [1.54, 1.807) is 4.90 Å². The number of morpholine rings is 1. The van der Waals surface area contributed by atoms with Crippen molar-refractivity contribution in [1.29, 1.82) is 0 Å². The summed E-state index contributed by atoms with van der Waals surface area (Å²) in [6, 6.07) is 12.4. The smallest absolute Gasteiger partial charge is 0.378 e. The van der Waals surface area contributed by atoms with E-state index in [2.05, 4.69) is 35.0 Å². The zero-order valence-corrected chi connectivity index (χ0v) is 23.5. The van der Waals surface area contributed by atoms with Crippen molar-refractivity contribution in [2.45, 2.75) is 40.0 Å². The van der Waals surface area contributed by atoms with Gasteiger partial charge in [0, 0.05) is 31.1 Å². The largest absolute Gasteiger partial charge is 0.416 e. The second-order valence-corrected chi connectivity index (χ2v) is 10.7. The van der Waals surface area contributed by atoms with E-state index in [1.165, 1.54) is 5.56 Å². The number of carbonyl (C=O) groups excluding carboxylic acids is 1. The van der Waals surface area contributed by atoms with Gasteiger partial charge in [-0.15, -0.1) is 0 Å². The molecular formula is C30H33F6N3O2. The molecule has 1 aromatic heterocycles. The van der Waals surface area contributed by atoms with E-state index in [0.717, 1.165) is 41.8 Å². The number of rotatable bonds is 3. The minimum Gasteiger partial charge on any atom is -0.378 e. The molecule has 0 atom stereocenters. The van der Waals surface area contributed by atoms with Crippen molar-refractivity contribution in [3.05, 3.63) is 77.5 Å². The number of halogens is 6. The molecule has 41 heavy (non-hydrogen) atoms. The van der Waals surface area contributed by atoms with Crippen LogP contribution in [0.25, 0.3) is 11.1 Å². The molecule has 0 unspecified atom stereocenters. The van der Waals surface area contributed by atoms with Gasteiger partial charge in [-0.25, -0.2) is 4.98 Å². The first-order valence-electron chi connectivity index (χ1n) is 12.9. The number of carbonyl (C=O) groups is 1. The maximum atomic E-state index is 12.9. The Hall–Kier alpha value is -3.60. The van der Waals surface area contributed by atoms with E-state index in [-0.39, 0.29) is 12.0 Å². The van der Waals surface area contributed by atoms with Gasteiger partial charge in [0.05, 0.1) is 36.2 Å². The third-order valence-corrected chi connectivity index (χ3v) is 6.46. The number of nitrogens with zero attached hydrogens (tertiary/aromatic N) is 3. The molecule has 2 heterocycles. The zero-order valence-electron chi connectivity index (χ0n) is 23.5. The van der Waals surface area contributed by atoms with Crippen LogP contribution in [0.4, 0.5) is 37.8 Å². The molecule has 1 aliphatic rings. The van der Waals surface area contributed by atoms with Crippen LogP contribution >= 0.6 is 0 Å². The van der Waals surface area contributed by atoms with Crippen molar-refractivity contribution in [2.75, 3.05) is 43.2 Å². The molecular weight excluding hydrogens is 548 g/mol. The summed E-state index contributed by atoms with van der Waals surface area (Å²) in [7, 11) is 1.83. The number of ether oxygens (including phenoxy) is 1. The average Bonchev–Trinajstić information content (AvgIpc) is 2.92. The molecule has 3 aromatic rings. The van der Waals surface area contributed by atoms with Gasteiger partial charge in [-0.05, 0) is 42.3 Å². The van der Waals surface area contributed by atoms with Crippen LogP contribution in [0.1, 0.15) is 37.5 Å². The Kier molecular flexibility index (Phi) is 9.73. The van der Waals surface area contributed by atoms with Crippen molar-refractivity contribution in [1.82, 2.24) is 4.98 Å². The van der Waals surface area contributed by atoms with Gasteiger partial charge in [-0.3, -0.25) is 4.79 Å². The topological polar surface area (TPSA) is 45.7 Å². The molecule has 0 N–H and O–H groups in total. The standard InChI is InChI=1S/C22H29N3O2.C8H4F6/c1-16-8-6-7-9-17(16)18-14-20(25-10-12-27-13-11-25)23-15-19(18)24(5)21(26)22(2,3)4;9-7(10,11)5-2-1-3-6(4-5)8(12,13)14/h6-9,14-15H,10-13H2,1-5H3;1-4H. The first-order chi connectivity index (χ1) is 19.0. The molecule has 0 saturated carbocycles. The van der Waals surface area contributed by atoms with Crippen molar-refractivity contribution < 1.29 is 35.9 Å². The fourth-order valence-electron chi connectivity index (χ4n) is 4.24. The monoisotopic (exact) mass is 581 g/mol. The minimum atomic E-state index is -4.75. The number of benzene rings is 2. The highest BCUT2D eigenvalue weighted by atomic mass is 19.4. The normalized spacial score (nSPS) is 14.3. The molecule has 1 saturated heterocycles. The van der Waals surface area contributed by atoms with Gasteiger partial charge in [0.1, 0.15) is 5.82 Å². The fourth-order valence-corrected chi connectivity index (χ4v) is 4.24. The summed E-state index contributed by atoms with van der Waals surface area (Å²) in [6.07, 6.45) is -7.67. The lowest BCUT2D eigenvalue weighted by Crippen LogP contribution is -2.38. The second-order valence-electron chi connectivity index (χ2n) is 10.7. The van der Waals surface area contributed by atoms with E-state index < -0.39 is 28.9 Å². The molecule has 11 heteroatoms. The van der Waals surface area contributed by atoms with Crippen LogP contribution in [-0.4, -0.2) is 44.2 Å². The van der Waals surface area contributed by atoms with E-state index in [0.29, 0.717) is 25.3 Å². The Labute approximate surface area is 235 Å². The summed E-state index contributed by atoms with van der Waals surface area (Å²) in [5, 5.41) is 0. The molecule has 0 spiro atoms. The number of pyridine rings is 1. The highest BCUT2D eigenvalue weighted by Gasteiger charge is 2.35. The quantitative estimate of drug-likeness (QED) is 0.299. The number of anilines is 2. The van der Waals surface area contributed by atoms with Crippen molar-refractivity contribution >= 4 is 17.4 Å². The summed E-state index contributed by atoms with van der Waals surface area (Å²) in [4.78, 5) is 21.5. The van der Waals surface area contributed by atoms with Crippen LogP contribution in [-0.2, 0) is 21.9 Å². The Morgan fingerprint density at radius 1 is 0.854 bits per heavy atom. The highest BCUT2D eigenvalue weighted by molar-refractivity contribution is 6.00. The van der Waals surface area contributed by atoms with E-state index in [4.69, 9.17) is 4.74 Å². The van der Waals surface area contributed by atoms with Crippen molar-refractivity contribution in [3.8, 4) is 11.1 Å². The maximum Gasteiger partial charge on any atom is 0.416 e. The maximum absolute atomic E-state index is 12.9. The summed E-state index contributed by atoms with van der Waals surface area (Å²) in [6.45, 7) is 11.0. The van der Waals surface area contributed by atoms with Gasteiger partial charge in [-0.2, -0.15) is 26.3 Å². The number of hydrogen-bond acceptors (Lipinski definition) is 4. The minimum absolute atomic E-state index is 0.0678. The molecule has 0 aliphatic carbocycles. The molecule has 4 rings (SSSR count). The zero-order chi connectivity index (χ0) is 30.6. The van der Waals surface area contributed by atoms with Crippen LogP contribution in [0.5, 0.6) is 0 Å². The van der Waals surface area contributed by atoms with E-state index in [1.807, 2.05) is 46.1 Å². The average molecular weight is 582 g/mol. The van der Waals surface area contributed by atoms with Crippen LogP contribution in [0, 0.1) is 12.3 Å². The highest BCUT2D eigenvalue weighted by Crippen LogP contribution is 2.37. The van der Waals surface area contributed by atoms with Gasteiger partial charge in [0.15, 0.2) is 0 Å².